The Morgan fingerprint density at radius 2 is 1.00 bits per heavy atom. The van der Waals surface area contributed by atoms with Crippen LogP contribution in [-0.4, -0.2) is 142 Å². The van der Waals surface area contributed by atoms with Gasteiger partial charge in [0.2, 0.25) is 0 Å². The van der Waals surface area contributed by atoms with Gasteiger partial charge in [-0.05, 0) is 82.8 Å². The molecule has 0 spiro atoms. The number of allylic oxidation sites excluding steroid dienone is 5. The van der Waals surface area contributed by atoms with Crippen molar-refractivity contribution in [2.45, 2.75) is 242 Å². The van der Waals surface area contributed by atoms with Crippen LogP contribution in [0.25, 0.3) is 0 Å². The molecule has 2 heterocycles. The SMILES string of the molecule is CCCCC/C=C/C/C=C/CCCCCCCC(=O)O[C@H](COC(=O)CCCCCCCC=C=CCCCCCCC)CO[C@@H]1O[C@H](CO[C@@H]2O[C@H](CO)[C@H](O)C(O)C2O)[C@H](O)C(O)C1O. The molecule has 66 heavy (non-hydrogen) atoms. The monoisotopic (exact) mass is 941 g/mol. The van der Waals surface area contributed by atoms with Crippen LogP contribution < -0.4 is 0 Å². The van der Waals surface area contributed by atoms with Gasteiger partial charge in [0, 0.05) is 12.8 Å². The molecule has 0 amide bonds. The number of hydrogen-bond donors (Lipinski definition) is 7. The van der Waals surface area contributed by atoms with Gasteiger partial charge in [-0.1, -0.05) is 115 Å². The van der Waals surface area contributed by atoms with E-state index in [1.807, 2.05) is 0 Å². The Morgan fingerprint density at radius 1 is 0.530 bits per heavy atom. The molecule has 11 atom stereocenters. The first-order valence-electron chi connectivity index (χ1n) is 25.3. The van der Waals surface area contributed by atoms with Crippen LogP contribution in [0.3, 0.4) is 0 Å². The molecule has 0 aromatic rings. The fraction of sp³-hybridized carbons (Fsp3) is 0.824. The van der Waals surface area contributed by atoms with Crippen LogP contribution in [0.2, 0.25) is 0 Å². The van der Waals surface area contributed by atoms with Crippen molar-refractivity contribution in [2.24, 2.45) is 0 Å². The van der Waals surface area contributed by atoms with Gasteiger partial charge >= 0.3 is 11.9 Å². The molecule has 0 aliphatic carbocycles. The summed E-state index contributed by atoms with van der Waals surface area (Å²) in [6.45, 7) is 2.50. The zero-order valence-electron chi connectivity index (χ0n) is 40.2. The van der Waals surface area contributed by atoms with Crippen LogP contribution in [0.4, 0.5) is 0 Å². The molecule has 7 N–H and O–H groups in total. The highest BCUT2D eigenvalue weighted by Gasteiger charge is 2.47. The van der Waals surface area contributed by atoms with Crippen LogP contribution in [0.15, 0.2) is 42.2 Å². The van der Waals surface area contributed by atoms with Crippen molar-refractivity contribution >= 4 is 11.9 Å². The van der Waals surface area contributed by atoms with E-state index >= 15 is 0 Å². The smallest absolute Gasteiger partial charge is 0.306 e. The van der Waals surface area contributed by atoms with Crippen LogP contribution in [0.1, 0.15) is 174 Å². The summed E-state index contributed by atoms with van der Waals surface area (Å²) < 4.78 is 33.5. The van der Waals surface area contributed by atoms with E-state index in [4.69, 9.17) is 28.4 Å². The molecule has 15 nitrogen and oxygen atoms in total. The number of ether oxygens (including phenoxy) is 6. The summed E-state index contributed by atoms with van der Waals surface area (Å²) in [6.07, 6.45) is 20.9. The van der Waals surface area contributed by atoms with Crippen LogP contribution in [-0.2, 0) is 38.0 Å². The number of carbonyl (C=O) groups excluding carboxylic acids is 2. The predicted molar refractivity (Wildman–Crippen MR) is 251 cm³/mol. The van der Waals surface area contributed by atoms with Crippen LogP contribution in [0.5, 0.6) is 0 Å². The van der Waals surface area contributed by atoms with E-state index in [2.05, 4.69) is 56.0 Å². The van der Waals surface area contributed by atoms with E-state index in [1.54, 1.807) is 0 Å². The number of unbranched alkanes of at least 4 members (excludes halogenated alkanes) is 18. The standard InChI is InChI=1S/C51H88O15/c1-3-5-7-9-11-13-15-17-19-21-23-25-27-29-31-33-42(53)61-36-39(64-43(54)34-32-30-28-26-24-22-20-18-16-14-12-10-8-6-4-2)37-62-50-49(60)47(58)45(56)41(66-50)38-63-51-48(59)46(57)44(55)40(35-52)65-51/h12,14-15,18-20,39-41,44-52,55-60H,3-11,13,16,21-38H2,1-2H3/b14-12+,20-18+/t17?,39-,40-,41-,44+,45+,46?,47?,48?,49?,50-,51-/m1/s1. The summed E-state index contributed by atoms with van der Waals surface area (Å²) in [7, 11) is 0. The molecule has 2 aliphatic rings. The van der Waals surface area contributed by atoms with Gasteiger partial charge in [0.15, 0.2) is 18.7 Å². The summed E-state index contributed by atoms with van der Waals surface area (Å²) in [4.78, 5) is 25.7. The zero-order chi connectivity index (χ0) is 48.2. The quantitative estimate of drug-likeness (QED) is 0.0148. The topological polar surface area (TPSA) is 231 Å². The van der Waals surface area contributed by atoms with Gasteiger partial charge in [0.05, 0.1) is 19.8 Å². The molecule has 15 heteroatoms. The second kappa shape index (κ2) is 38.4. The maximum Gasteiger partial charge on any atom is 0.306 e. The molecule has 2 rings (SSSR count). The van der Waals surface area contributed by atoms with Crippen molar-refractivity contribution in [3.8, 4) is 0 Å². The lowest BCUT2D eigenvalue weighted by Gasteiger charge is -2.42. The van der Waals surface area contributed by atoms with Crippen molar-refractivity contribution in [1.82, 2.24) is 0 Å². The van der Waals surface area contributed by atoms with Crippen molar-refractivity contribution in [3.63, 3.8) is 0 Å². The Morgan fingerprint density at radius 3 is 1.59 bits per heavy atom. The summed E-state index contributed by atoms with van der Waals surface area (Å²) >= 11 is 0. The van der Waals surface area contributed by atoms with Gasteiger partial charge < -0.3 is 64.2 Å². The van der Waals surface area contributed by atoms with Gasteiger partial charge in [-0.3, -0.25) is 9.59 Å². The minimum absolute atomic E-state index is 0.144. The third-order valence-corrected chi connectivity index (χ3v) is 11.9. The number of aliphatic hydroxyl groups is 7. The van der Waals surface area contributed by atoms with E-state index in [-0.39, 0.29) is 19.4 Å². The normalized spacial score (nSPS) is 26.1. The molecule has 0 aromatic heterocycles. The summed E-state index contributed by atoms with van der Waals surface area (Å²) in [5.74, 6) is -0.963. The highest BCUT2D eigenvalue weighted by Crippen LogP contribution is 2.26. The van der Waals surface area contributed by atoms with Gasteiger partial charge in [-0.2, -0.15) is 0 Å². The van der Waals surface area contributed by atoms with E-state index in [0.717, 1.165) is 83.5 Å². The van der Waals surface area contributed by atoms with Gasteiger partial charge in [0.25, 0.3) is 0 Å². The Bertz CT molecular complexity index is 1350. The Hall–Kier alpha value is -2.50. The Balaban J connectivity index is 1.84. The zero-order valence-corrected chi connectivity index (χ0v) is 40.2. The molecule has 0 saturated carbocycles. The van der Waals surface area contributed by atoms with Gasteiger partial charge in [0.1, 0.15) is 55.4 Å². The predicted octanol–water partition coefficient (Wildman–Crippen LogP) is 6.70. The van der Waals surface area contributed by atoms with Crippen molar-refractivity contribution < 1.29 is 73.8 Å². The molecular weight excluding hydrogens is 853 g/mol. The highest BCUT2D eigenvalue weighted by atomic mass is 16.7. The van der Waals surface area contributed by atoms with E-state index in [1.165, 1.54) is 51.4 Å². The molecule has 2 fully saturated rings. The molecular formula is C51H88O15. The largest absolute Gasteiger partial charge is 0.462 e. The number of rotatable bonds is 38. The molecule has 0 bridgehead atoms. The highest BCUT2D eigenvalue weighted by molar-refractivity contribution is 5.70. The maximum absolute atomic E-state index is 13.0. The molecule has 2 aliphatic heterocycles. The van der Waals surface area contributed by atoms with Crippen molar-refractivity contribution in [3.05, 3.63) is 42.2 Å². The van der Waals surface area contributed by atoms with Gasteiger partial charge in [-0.25, -0.2) is 0 Å². The maximum atomic E-state index is 13.0. The molecule has 382 valence electrons. The first-order valence-corrected chi connectivity index (χ1v) is 25.3. The number of carbonyl (C=O) groups is 2. The molecule has 0 radical (unpaired) electrons. The summed E-state index contributed by atoms with van der Waals surface area (Å²) in [6, 6.07) is 0. The number of hydrogen-bond acceptors (Lipinski definition) is 15. The molecule has 2 saturated heterocycles. The van der Waals surface area contributed by atoms with E-state index < -0.39 is 99.3 Å². The van der Waals surface area contributed by atoms with Crippen molar-refractivity contribution in [2.75, 3.05) is 26.4 Å². The second-order valence-corrected chi connectivity index (χ2v) is 17.7. The Labute approximate surface area is 395 Å². The fourth-order valence-electron chi connectivity index (χ4n) is 7.63. The molecule has 0 aromatic carbocycles. The number of esters is 2. The van der Waals surface area contributed by atoms with Crippen LogP contribution in [0, 0.1) is 0 Å². The van der Waals surface area contributed by atoms with Crippen LogP contribution >= 0.6 is 0 Å². The average molecular weight is 941 g/mol. The fourth-order valence-corrected chi connectivity index (χ4v) is 7.63. The number of aliphatic hydroxyl groups excluding tert-OH is 7. The minimum Gasteiger partial charge on any atom is -0.462 e. The first-order chi connectivity index (χ1) is 32.0. The lowest BCUT2D eigenvalue weighted by molar-refractivity contribution is -0.332. The minimum atomic E-state index is -1.77. The third-order valence-electron chi connectivity index (χ3n) is 11.9. The first kappa shape index (κ1) is 59.6. The van der Waals surface area contributed by atoms with E-state index in [0.29, 0.717) is 12.8 Å². The molecule has 4 unspecified atom stereocenters. The Kier molecular flexibility index (Phi) is 34.7. The lowest BCUT2D eigenvalue weighted by Crippen LogP contribution is -2.61. The second-order valence-electron chi connectivity index (χ2n) is 17.7. The lowest BCUT2D eigenvalue weighted by atomic mass is 9.98. The summed E-state index contributed by atoms with van der Waals surface area (Å²) in [5, 5.41) is 72.0. The summed E-state index contributed by atoms with van der Waals surface area (Å²) in [5.41, 5.74) is 3.29. The average Bonchev–Trinajstić information content (AvgIpc) is 3.31. The van der Waals surface area contributed by atoms with E-state index in [9.17, 15) is 45.3 Å². The van der Waals surface area contributed by atoms with Crippen molar-refractivity contribution in [1.29, 1.82) is 0 Å². The third kappa shape index (κ3) is 26.3. The van der Waals surface area contributed by atoms with Gasteiger partial charge in [-0.15, -0.1) is 5.73 Å².